The highest BCUT2D eigenvalue weighted by Gasteiger charge is 2.27. The minimum Gasteiger partial charge on any atom is -0.325 e. The molecule has 3 aromatic rings. The van der Waals surface area contributed by atoms with Crippen molar-refractivity contribution in [3.05, 3.63) is 82.0 Å². The molecule has 1 aliphatic heterocycles. The Labute approximate surface area is 207 Å². The fourth-order valence-corrected chi connectivity index (χ4v) is 4.80. The summed E-state index contributed by atoms with van der Waals surface area (Å²) in [6.07, 6.45) is 5.23. The number of carbonyl (C=O) groups excluding carboxylic acids is 1. The van der Waals surface area contributed by atoms with Gasteiger partial charge in [0.1, 0.15) is 5.82 Å². The second-order valence-corrected chi connectivity index (χ2v) is 9.43. The molecule has 0 aliphatic carbocycles. The van der Waals surface area contributed by atoms with E-state index in [0.717, 1.165) is 49.4 Å². The Morgan fingerprint density at radius 1 is 1.00 bits per heavy atom. The third-order valence-electron chi connectivity index (χ3n) is 6.82. The predicted molar refractivity (Wildman–Crippen MR) is 140 cm³/mol. The van der Waals surface area contributed by atoms with Gasteiger partial charge in [0.05, 0.1) is 13.1 Å². The van der Waals surface area contributed by atoms with E-state index in [9.17, 15) is 9.59 Å². The van der Waals surface area contributed by atoms with Crippen LogP contribution in [0.4, 0.5) is 5.69 Å². The summed E-state index contributed by atoms with van der Waals surface area (Å²) in [5.74, 6) is 1.12. The third-order valence-corrected chi connectivity index (χ3v) is 6.82. The number of nitrogens with zero attached hydrogens (tertiary/aromatic N) is 4. The molecule has 0 unspecified atom stereocenters. The maximum atomic E-state index is 12.9. The number of aromatic nitrogens is 3. The number of piperidine rings is 1. The lowest BCUT2D eigenvalue weighted by Gasteiger charge is -2.30. The zero-order valence-corrected chi connectivity index (χ0v) is 20.9. The van der Waals surface area contributed by atoms with Gasteiger partial charge in [-0.3, -0.25) is 14.3 Å². The van der Waals surface area contributed by atoms with Gasteiger partial charge < -0.3 is 5.32 Å². The fourth-order valence-electron chi connectivity index (χ4n) is 4.80. The maximum absolute atomic E-state index is 12.9. The number of amides is 1. The summed E-state index contributed by atoms with van der Waals surface area (Å²) in [7, 11) is 0. The van der Waals surface area contributed by atoms with Gasteiger partial charge in [0.15, 0.2) is 0 Å². The number of hydrogen-bond acceptors (Lipinski definition) is 4. The summed E-state index contributed by atoms with van der Waals surface area (Å²) < 4.78 is 3.39. The molecule has 7 heteroatoms. The molecule has 35 heavy (non-hydrogen) atoms. The highest BCUT2D eigenvalue weighted by Crippen LogP contribution is 2.26. The van der Waals surface area contributed by atoms with Gasteiger partial charge in [0.2, 0.25) is 5.91 Å². The second kappa shape index (κ2) is 12.0. The summed E-state index contributed by atoms with van der Waals surface area (Å²) >= 11 is 0. The number of benzene rings is 2. The van der Waals surface area contributed by atoms with Gasteiger partial charge in [-0.05, 0) is 69.0 Å². The van der Waals surface area contributed by atoms with Crippen LogP contribution >= 0.6 is 0 Å². The van der Waals surface area contributed by atoms with E-state index in [4.69, 9.17) is 5.10 Å². The van der Waals surface area contributed by atoms with E-state index in [1.807, 2.05) is 49.4 Å². The molecule has 186 valence electrons. The van der Waals surface area contributed by atoms with Gasteiger partial charge >= 0.3 is 5.69 Å². The van der Waals surface area contributed by atoms with Crippen LogP contribution in [0.3, 0.4) is 0 Å². The van der Waals surface area contributed by atoms with E-state index >= 15 is 0 Å². The predicted octanol–water partition coefficient (Wildman–Crippen LogP) is 4.27. The molecule has 1 aliphatic rings. The number of carbonyl (C=O) groups is 1. The van der Waals surface area contributed by atoms with Gasteiger partial charge in [-0.1, -0.05) is 55.8 Å². The van der Waals surface area contributed by atoms with Crippen molar-refractivity contribution in [2.24, 2.45) is 0 Å². The molecule has 2 aromatic carbocycles. The molecule has 0 bridgehead atoms. The lowest BCUT2D eigenvalue weighted by atomic mass is 9.96. The van der Waals surface area contributed by atoms with Crippen LogP contribution in [-0.4, -0.2) is 44.8 Å². The molecule has 2 heterocycles. The molecule has 1 N–H and O–H groups in total. The van der Waals surface area contributed by atoms with Crippen LogP contribution in [0.25, 0.3) is 0 Å². The minimum atomic E-state index is -0.0473. The Hall–Kier alpha value is -3.19. The molecule has 0 saturated carbocycles. The first-order valence-corrected chi connectivity index (χ1v) is 12.9. The summed E-state index contributed by atoms with van der Waals surface area (Å²) in [5, 5.41) is 7.76. The highest BCUT2D eigenvalue weighted by molar-refractivity contribution is 5.92. The monoisotopic (exact) mass is 475 g/mol. The fraction of sp³-hybridized carbons (Fsp3) is 0.464. The summed E-state index contributed by atoms with van der Waals surface area (Å²) in [5.41, 5.74) is 3.18. The number of rotatable bonds is 10. The van der Waals surface area contributed by atoms with Crippen molar-refractivity contribution in [2.75, 3.05) is 25.0 Å². The molecule has 1 amide bonds. The Kier molecular flexibility index (Phi) is 8.53. The normalized spacial score (nSPS) is 14.8. The smallest absolute Gasteiger partial charge is 0.325 e. The first-order valence-electron chi connectivity index (χ1n) is 12.9. The lowest BCUT2D eigenvalue weighted by molar-refractivity contribution is -0.117. The van der Waals surface area contributed by atoms with Crippen molar-refractivity contribution in [3.8, 4) is 0 Å². The number of nitrogens with one attached hydrogen (secondary N) is 1. The van der Waals surface area contributed by atoms with Crippen LogP contribution in [0.2, 0.25) is 0 Å². The molecule has 0 atom stereocenters. The number of likely N-dealkylation sites (tertiary alicyclic amines) is 1. The van der Waals surface area contributed by atoms with E-state index < -0.39 is 0 Å². The van der Waals surface area contributed by atoms with E-state index in [-0.39, 0.29) is 17.5 Å². The summed E-state index contributed by atoms with van der Waals surface area (Å²) in [6.45, 7) is 7.30. The van der Waals surface area contributed by atoms with Crippen molar-refractivity contribution in [1.29, 1.82) is 0 Å². The molecule has 1 fully saturated rings. The van der Waals surface area contributed by atoms with E-state index in [1.165, 1.54) is 18.4 Å². The number of anilines is 1. The van der Waals surface area contributed by atoms with Crippen LogP contribution in [0.15, 0.2) is 59.4 Å². The second-order valence-electron chi connectivity index (χ2n) is 9.43. The van der Waals surface area contributed by atoms with Crippen LogP contribution in [-0.2, 0) is 24.3 Å². The SMILES string of the molecule is CCCCc1ccc(NC(=O)CN2CCC(c3nn(Cc4ccccc4)c(=O)n3CC)CC2)cc1. The Balaban J connectivity index is 1.31. The van der Waals surface area contributed by atoms with E-state index in [2.05, 4.69) is 29.3 Å². The quantitative estimate of drug-likeness (QED) is 0.475. The number of hydrogen-bond donors (Lipinski definition) is 1. The molecule has 1 aromatic heterocycles. The lowest BCUT2D eigenvalue weighted by Crippen LogP contribution is -2.39. The van der Waals surface area contributed by atoms with Crippen LogP contribution < -0.4 is 11.0 Å². The largest absolute Gasteiger partial charge is 0.346 e. The number of unbranched alkanes of at least 4 members (excludes halogenated alkanes) is 1. The average molecular weight is 476 g/mol. The average Bonchev–Trinajstić information content (AvgIpc) is 3.19. The molecule has 1 saturated heterocycles. The zero-order chi connectivity index (χ0) is 24.6. The molecule has 0 radical (unpaired) electrons. The molecular weight excluding hydrogens is 438 g/mol. The zero-order valence-electron chi connectivity index (χ0n) is 20.9. The van der Waals surface area contributed by atoms with Crippen LogP contribution in [0.1, 0.15) is 62.4 Å². The Bertz CT molecular complexity index is 1140. The van der Waals surface area contributed by atoms with Crippen LogP contribution in [0.5, 0.6) is 0 Å². The Morgan fingerprint density at radius 3 is 2.37 bits per heavy atom. The van der Waals surface area contributed by atoms with Gasteiger partial charge in [-0.25, -0.2) is 9.48 Å². The number of aryl methyl sites for hydroxylation is 1. The van der Waals surface area contributed by atoms with Crippen molar-refractivity contribution < 1.29 is 4.79 Å². The van der Waals surface area contributed by atoms with Gasteiger partial charge in [0, 0.05) is 18.2 Å². The van der Waals surface area contributed by atoms with Crippen molar-refractivity contribution in [2.45, 2.75) is 65.0 Å². The van der Waals surface area contributed by atoms with E-state index in [0.29, 0.717) is 19.6 Å². The van der Waals surface area contributed by atoms with E-state index in [1.54, 1.807) is 9.25 Å². The third kappa shape index (κ3) is 6.48. The topological polar surface area (TPSA) is 72.2 Å². The Morgan fingerprint density at radius 2 is 1.71 bits per heavy atom. The molecule has 7 nitrogen and oxygen atoms in total. The maximum Gasteiger partial charge on any atom is 0.346 e. The van der Waals surface area contributed by atoms with Gasteiger partial charge in [0.25, 0.3) is 0 Å². The standard InChI is InChI=1S/C28H37N5O2/c1-3-5-9-22-12-14-25(15-13-22)29-26(34)21-31-18-16-24(17-19-31)27-30-33(28(35)32(27)4-2)20-23-10-7-6-8-11-23/h6-8,10-15,24H,3-5,9,16-21H2,1-2H3,(H,29,34). The van der Waals surface area contributed by atoms with Crippen molar-refractivity contribution in [1.82, 2.24) is 19.2 Å². The first kappa shape index (κ1) is 24.9. The first-order chi connectivity index (χ1) is 17.1. The minimum absolute atomic E-state index is 0.0161. The molecule has 0 spiro atoms. The van der Waals surface area contributed by atoms with Gasteiger partial charge in [-0.2, -0.15) is 5.10 Å². The van der Waals surface area contributed by atoms with Gasteiger partial charge in [-0.15, -0.1) is 0 Å². The molecular formula is C28H37N5O2. The summed E-state index contributed by atoms with van der Waals surface area (Å²) in [4.78, 5) is 27.7. The van der Waals surface area contributed by atoms with Crippen molar-refractivity contribution in [3.63, 3.8) is 0 Å². The summed E-state index contributed by atoms with van der Waals surface area (Å²) in [6, 6.07) is 18.1. The van der Waals surface area contributed by atoms with Crippen LogP contribution in [0, 0.1) is 0 Å². The molecule has 4 rings (SSSR count). The highest BCUT2D eigenvalue weighted by atomic mass is 16.2. The van der Waals surface area contributed by atoms with Crippen molar-refractivity contribution >= 4 is 11.6 Å².